The number of nitrogens with zero attached hydrogens (tertiary/aromatic N) is 5. The van der Waals surface area contributed by atoms with Crippen LogP contribution in [0.15, 0.2) is 36.9 Å². The molecule has 0 saturated carbocycles. The Morgan fingerprint density at radius 3 is 3.08 bits per heavy atom. The molecule has 1 aliphatic rings. The predicted octanol–water partition coefficient (Wildman–Crippen LogP) is 3.15. The fourth-order valence-corrected chi connectivity index (χ4v) is 3.83. The second kappa shape index (κ2) is 6.32. The van der Waals surface area contributed by atoms with Gasteiger partial charge in [0.05, 0.1) is 11.2 Å². The van der Waals surface area contributed by atoms with Crippen LogP contribution < -0.4 is 0 Å². The van der Waals surface area contributed by atoms with Gasteiger partial charge in [0.15, 0.2) is 5.65 Å². The number of hydrogen-bond donors (Lipinski definition) is 0. The number of halogens is 2. The monoisotopic (exact) mass is 373 g/mol. The van der Waals surface area contributed by atoms with Crippen LogP contribution in [0.3, 0.4) is 0 Å². The number of amides is 1. The molecule has 1 saturated heterocycles. The lowest BCUT2D eigenvalue weighted by atomic mass is 9.90. The van der Waals surface area contributed by atoms with Gasteiger partial charge in [0.2, 0.25) is 0 Å². The minimum absolute atomic E-state index is 0.0988. The van der Waals surface area contributed by atoms with Gasteiger partial charge in [-0.3, -0.25) is 9.20 Å². The molecule has 0 bridgehead atoms. The maximum Gasteiger partial charge on any atom is 0.274 e. The largest absolute Gasteiger partial charge is 0.332 e. The van der Waals surface area contributed by atoms with Crippen molar-refractivity contribution in [2.45, 2.75) is 31.7 Å². The number of carbonyl (C=O) groups excluding carboxylic acids is 1. The molecule has 6 nitrogen and oxygen atoms in total. The number of likely N-dealkylation sites (tertiary alicyclic amines) is 1. The maximum absolute atomic E-state index is 13.4. The number of benzene rings is 1. The molecule has 1 amide bonds. The SMILES string of the molecule is CC1(Cc2ccc(F)c(Cl)c2)CCCN1C(=O)c1cn2cnnc2cn1. The summed E-state index contributed by atoms with van der Waals surface area (Å²) in [6, 6.07) is 4.71. The first-order valence-corrected chi connectivity index (χ1v) is 8.75. The Bertz CT molecular complexity index is 991. The smallest absolute Gasteiger partial charge is 0.274 e. The van der Waals surface area contributed by atoms with Crippen LogP contribution in [0.25, 0.3) is 5.65 Å². The van der Waals surface area contributed by atoms with Crippen LogP contribution in [0.4, 0.5) is 4.39 Å². The van der Waals surface area contributed by atoms with Crippen molar-refractivity contribution < 1.29 is 9.18 Å². The summed E-state index contributed by atoms with van der Waals surface area (Å²) in [4.78, 5) is 19.1. The summed E-state index contributed by atoms with van der Waals surface area (Å²) in [6.07, 6.45) is 7.10. The van der Waals surface area contributed by atoms with Crippen LogP contribution in [-0.4, -0.2) is 42.5 Å². The van der Waals surface area contributed by atoms with Gasteiger partial charge in [0, 0.05) is 18.3 Å². The third-order valence-corrected chi connectivity index (χ3v) is 5.25. The van der Waals surface area contributed by atoms with E-state index in [-0.39, 0.29) is 16.5 Å². The molecular formula is C18H17ClFN5O. The van der Waals surface area contributed by atoms with Gasteiger partial charge in [-0.25, -0.2) is 9.37 Å². The Hall–Kier alpha value is -2.54. The van der Waals surface area contributed by atoms with Crippen LogP contribution in [0.5, 0.6) is 0 Å². The average molecular weight is 374 g/mol. The number of rotatable bonds is 3. The zero-order valence-electron chi connectivity index (χ0n) is 14.2. The number of fused-ring (bicyclic) bond motifs is 1. The second-order valence-corrected chi connectivity index (χ2v) is 7.26. The van der Waals surface area contributed by atoms with E-state index in [1.165, 1.54) is 18.6 Å². The molecule has 2 aromatic heterocycles. The van der Waals surface area contributed by atoms with Gasteiger partial charge in [0.25, 0.3) is 5.91 Å². The van der Waals surface area contributed by atoms with E-state index in [4.69, 9.17) is 11.6 Å². The fraction of sp³-hybridized carbons (Fsp3) is 0.333. The van der Waals surface area contributed by atoms with Crippen molar-refractivity contribution in [1.29, 1.82) is 0 Å². The van der Waals surface area contributed by atoms with Crippen molar-refractivity contribution in [1.82, 2.24) is 24.5 Å². The molecule has 0 aliphatic carbocycles. The first kappa shape index (κ1) is 16.9. The highest BCUT2D eigenvalue weighted by atomic mass is 35.5. The van der Waals surface area contributed by atoms with E-state index in [9.17, 15) is 9.18 Å². The Kier molecular flexibility index (Phi) is 4.11. The molecule has 26 heavy (non-hydrogen) atoms. The Labute approximate surface area is 154 Å². The number of carbonyl (C=O) groups is 1. The van der Waals surface area contributed by atoms with Crippen LogP contribution in [0.2, 0.25) is 5.02 Å². The lowest BCUT2D eigenvalue weighted by Gasteiger charge is -2.35. The lowest BCUT2D eigenvalue weighted by Crippen LogP contribution is -2.47. The lowest BCUT2D eigenvalue weighted by molar-refractivity contribution is 0.0617. The van der Waals surface area contributed by atoms with Gasteiger partial charge in [-0.15, -0.1) is 10.2 Å². The first-order valence-electron chi connectivity index (χ1n) is 8.38. The van der Waals surface area contributed by atoms with Crippen LogP contribution in [0.1, 0.15) is 35.8 Å². The summed E-state index contributed by atoms with van der Waals surface area (Å²) in [6.45, 7) is 2.71. The van der Waals surface area contributed by atoms with Gasteiger partial charge in [-0.2, -0.15) is 0 Å². The van der Waals surface area contributed by atoms with Crippen molar-refractivity contribution >= 4 is 23.2 Å². The van der Waals surface area contributed by atoms with Crippen molar-refractivity contribution in [3.8, 4) is 0 Å². The van der Waals surface area contributed by atoms with E-state index in [0.717, 1.165) is 18.4 Å². The fourth-order valence-electron chi connectivity index (χ4n) is 3.63. The molecule has 1 aromatic carbocycles. The molecule has 0 radical (unpaired) electrons. The van der Waals surface area contributed by atoms with E-state index < -0.39 is 5.82 Å². The summed E-state index contributed by atoms with van der Waals surface area (Å²) in [5.74, 6) is -0.569. The van der Waals surface area contributed by atoms with Gasteiger partial charge >= 0.3 is 0 Å². The van der Waals surface area contributed by atoms with Crippen LogP contribution in [0, 0.1) is 5.82 Å². The molecule has 1 atom stereocenters. The summed E-state index contributed by atoms with van der Waals surface area (Å²) in [7, 11) is 0. The minimum atomic E-state index is -0.439. The summed E-state index contributed by atoms with van der Waals surface area (Å²) in [5, 5.41) is 7.80. The Morgan fingerprint density at radius 2 is 2.27 bits per heavy atom. The zero-order valence-corrected chi connectivity index (χ0v) is 14.9. The van der Waals surface area contributed by atoms with Crippen molar-refractivity contribution in [3.05, 3.63) is 59.0 Å². The van der Waals surface area contributed by atoms with Gasteiger partial charge in [-0.05, 0) is 43.9 Å². The quantitative estimate of drug-likeness (QED) is 0.707. The molecule has 1 fully saturated rings. The maximum atomic E-state index is 13.4. The van der Waals surface area contributed by atoms with Crippen molar-refractivity contribution in [3.63, 3.8) is 0 Å². The van der Waals surface area contributed by atoms with Crippen LogP contribution in [-0.2, 0) is 6.42 Å². The summed E-state index contributed by atoms with van der Waals surface area (Å²) >= 11 is 5.90. The topological polar surface area (TPSA) is 63.4 Å². The third-order valence-electron chi connectivity index (χ3n) is 4.96. The molecule has 1 aliphatic heterocycles. The van der Waals surface area contributed by atoms with Crippen LogP contribution >= 0.6 is 11.6 Å². The Balaban J connectivity index is 1.61. The molecule has 8 heteroatoms. The average Bonchev–Trinajstić information content (AvgIpc) is 3.23. The van der Waals surface area contributed by atoms with Crippen molar-refractivity contribution in [2.75, 3.05) is 6.54 Å². The van der Waals surface area contributed by atoms with Crippen molar-refractivity contribution in [2.24, 2.45) is 0 Å². The van der Waals surface area contributed by atoms with E-state index in [1.54, 1.807) is 22.7 Å². The summed E-state index contributed by atoms with van der Waals surface area (Å²) in [5.41, 5.74) is 1.47. The zero-order chi connectivity index (χ0) is 18.3. The normalized spacial score (nSPS) is 20.0. The molecule has 0 spiro atoms. The van der Waals surface area contributed by atoms with E-state index in [2.05, 4.69) is 15.2 Å². The molecule has 0 N–H and O–H groups in total. The van der Waals surface area contributed by atoms with Gasteiger partial charge in [-0.1, -0.05) is 17.7 Å². The molecule has 3 aromatic rings. The minimum Gasteiger partial charge on any atom is -0.332 e. The number of hydrogen-bond acceptors (Lipinski definition) is 4. The standard InChI is InChI=1S/C18H17ClFN5O/c1-18(8-12-3-4-14(20)13(19)7-12)5-2-6-25(18)17(26)15-10-24-11-22-23-16(24)9-21-15/h3-4,7,9-11H,2,5-6,8H2,1H3. The van der Waals surface area contributed by atoms with E-state index in [1.807, 2.05) is 11.8 Å². The van der Waals surface area contributed by atoms with Gasteiger partial charge in [0.1, 0.15) is 17.8 Å². The predicted molar refractivity (Wildman–Crippen MR) is 94.6 cm³/mol. The van der Waals surface area contributed by atoms with E-state index in [0.29, 0.717) is 24.3 Å². The first-order chi connectivity index (χ1) is 12.5. The van der Waals surface area contributed by atoms with E-state index >= 15 is 0 Å². The highest BCUT2D eigenvalue weighted by molar-refractivity contribution is 6.30. The Morgan fingerprint density at radius 1 is 1.42 bits per heavy atom. The number of aromatic nitrogens is 4. The second-order valence-electron chi connectivity index (χ2n) is 6.85. The molecule has 1 unspecified atom stereocenters. The molecular weight excluding hydrogens is 357 g/mol. The highest BCUT2D eigenvalue weighted by Crippen LogP contribution is 2.34. The third kappa shape index (κ3) is 2.92. The molecule has 3 heterocycles. The highest BCUT2D eigenvalue weighted by Gasteiger charge is 2.40. The summed E-state index contributed by atoms with van der Waals surface area (Å²) < 4.78 is 15.1. The molecule has 134 valence electrons. The van der Waals surface area contributed by atoms with Gasteiger partial charge < -0.3 is 4.90 Å². The molecule has 4 rings (SSSR count).